The Labute approximate surface area is 144 Å². The molecule has 4 rings (SSSR count). The first kappa shape index (κ1) is 15.1. The summed E-state index contributed by atoms with van der Waals surface area (Å²) >= 11 is 0. The molecule has 0 unspecified atom stereocenters. The zero-order valence-corrected chi connectivity index (χ0v) is 13.5. The van der Waals surface area contributed by atoms with Crippen molar-refractivity contribution < 1.29 is 4.79 Å². The third-order valence-electron chi connectivity index (χ3n) is 3.94. The number of hydrogen-bond acceptors (Lipinski definition) is 3. The highest BCUT2D eigenvalue weighted by Crippen LogP contribution is 2.14. The van der Waals surface area contributed by atoms with E-state index in [1.54, 1.807) is 6.20 Å². The van der Waals surface area contributed by atoms with Crippen molar-refractivity contribution in [1.29, 1.82) is 0 Å². The summed E-state index contributed by atoms with van der Waals surface area (Å²) in [6.45, 7) is 0. The lowest BCUT2D eigenvalue weighted by Crippen LogP contribution is -2.13. The first-order valence-corrected chi connectivity index (χ1v) is 8.11. The Morgan fingerprint density at radius 3 is 2.72 bits per heavy atom. The van der Waals surface area contributed by atoms with Crippen LogP contribution >= 0.6 is 0 Å². The van der Waals surface area contributed by atoms with Gasteiger partial charge in [-0.2, -0.15) is 5.10 Å². The van der Waals surface area contributed by atoms with E-state index in [1.165, 1.54) is 0 Å². The van der Waals surface area contributed by atoms with Crippen molar-refractivity contribution in [2.45, 2.75) is 12.8 Å². The Morgan fingerprint density at radius 2 is 1.88 bits per heavy atom. The van der Waals surface area contributed by atoms with E-state index in [9.17, 15) is 4.79 Å². The molecule has 0 aliphatic rings. The molecule has 0 saturated carbocycles. The first-order chi connectivity index (χ1) is 12.3. The van der Waals surface area contributed by atoms with Crippen molar-refractivity contribution in [3.05, 3.63) is 72.6 Å². The molecule has 2 aromatic carbocycles. The van der Waals surface area contributed by atoms with Crippen molar-refractivity contribution in [1.82, 2.24) is 19.7 Å². The number of para-hydroxylation sites is 3. The fourth-order valence-electron chi connectivity index (χ4n) is 2.68. The summed E-state index contributed by atoms with van der Waals surface area (Å²) in [6, 6.07) is 17.6. The summed E-state index contributed by atoms with van der Waals surface area (Å²) in [7, 11) is 0. The number of aryl methyl sites for hydroxylation is 1. The predicted octanol–water partition coefficient (Wildman–Crippen LogP) is 3.32. The second-order valence-electron chi connectivity index (χ2n) is 5.78. The van der Waals surface area contributed by atoms with Gasteiger partial charge in [-0.05, 0) is 36.2 Å². The molecule has 0 aliphatic heterocycles. The number of fused-ring (bicyclic) bond motifs is 1. The van der Waals surface area contributed by atoms with Gasteiger partial charge >= 0.3 is 0 Å². The molecule has 25 heavy (non-hydrogen) atoms. The van der Waals surface area contributed by atoms with E-state index in [0.717, 1.165) is 22.3 Å². The molecule has 2 heterocycles. The van der Waals surface area contributed by atoms with Crippen LogP contribution in [0.25, 0.3) is 16.7 Å². The SMILES string of the molecule is O=C(CCc1cnn(-c2ccccc2)c1)Nc1nc2ccccc2[nH]1. The van der Waals surface area contributed by atoms with Crippen molar-refractivity contribution >= 4 is 22.9 Å². The number of hydrogen-bond donors (Lipinski definition) is 2. The number of benzene rings is 2. The molecule has 6 nitrogen and oxygen atoms in total. The number of H-pyrrole nitrogens is 1. The first-order valence-electron chi connectivity index (χ1n) is 8.11. The number of amides is 1. The number of carbonyl (C=O) groups excluding carboxylic acids is 1. The summed E-state index contributed by atoms with van der Waals surface area (Å²) in [5, 5.41) is 7.15. The van der Waals surface area contributed by atoms with E-state index >= 15 is 0 Å². The van der Waals surface area contributed by atoms with Gasteiger partial charge in [0.05, 0.1) is 22.9 Å². The number of rotatable bonds is 5. The molecule has 124 valence electrons. The van der Waals surface area contributed by atoms with Gasteiger partial charge in [0.15, 0.2) is 0 Å². The normalized spacial score (nSPS) is 10.9. The highest BCUT2D eigenvalue weighted by molar-refractivity contribution is 5.91. The van der Waals surface area contributed by atoms with E-state index in [0.29, 0.717) is 18.8 Å². The molecule has 1 amide bonds. The molecule has 6 heteroatoms. The number of nitrogens with one attached hydrogen (secondary N) is 2. The third-order valence-corrected chi connectivity index (χ3v) is 3.94. The van der Waals surface area contributed by atoms with Gasteiger partial charge in [0, 0.05) is 12.6 Å². The zero-order valence-electron chi connectivity index (χ0n) is 13.5. The molecule has 0 bridgehead atoms. The molecule has 0 radical (unpaired) electrons. The maximum absolute atomic E-state index is 12.1. The lowest BCUT2D eigenvalue weighted by Gasteiger charge is -2.01. The van der Waals surface area contributed by atoms with Crippen LogP contribution in [0, 0.1) is 0 Å². The molecule has 4 aromatic rings. The van der Waals surface area contributed by atoms with E-state index in [4.69, 9.17) is 0 Å². The quantitative estimate of drug-likeness (QED) is 0.589. The summed E-state index contributed by atoms with van der Waals surface area (Å²) < 4.78 is 1.81. The second kappa shape index (κ2) is 6.60. The monoisotopic (exact) mass is 331 g/mol. The fraction of sp³-hybridized carbons (Fsp3) is 0.105. The van der Waals surface area contributed by atoms with Gasteiger partial charge in [-0.15, -0.1) is 0 Å². The van der Waals surface area contributed by atoms with Crippen molar-refractivity contribution in [2.24, 2.45) is 0 Å². The summed E-state index contributed by atoms with van der Waals surface area (Å²) in [5.74, 6) is 0.401. The van der Waals surface area contributed by atoms with E-state index in [2.05, 4.69) is 20.4 Å². The molecule has 0 spiro atoms. The van der Waals surface area contributed by atoms with Crippen LogP contribution in [-0.2, 0) is 11.2 Å². The Morgan fingerprint density at radius 1 is 1.08 bits per heavy atom. The molecule has 2 aromatic heterocycles. The Bertz CT molecular complexity index is 970. The van der Waals surface area contributed by atoms with Crippen LogP contribution in [0.15, 0.2) is 67.0 Å². The molecule has 2 N–H and O–H groups in total. The average molecular weight is 331 g/mol. The van der Waals surface area contributed by atoms with Gasteiger partial charge in [-0.3, -0.25) is 10.1 Å². The van der Waals surface area contributed by atoms with Crippen LogP contribution in [0.2, 0.25) is 0 Å². The van der Waals surface area contributed by atoms with Gasteiger partial charge in [-0.25, -0.2) is 9.67 Å². The largest absolute Gasteiger partial charge is 0.324 e. The summed E-state index contributed by atoms with van der Waals surface area (Å²) in [5.41, 5.74) is 3.76. The Balaban J connectivity index is 1.36. The maximum atomic E-state index is 12.1. The smallest absolute Gasteiger partial charge is 0.227 e. The molecular formula is C19H17N5O. The summed E-state index contributed by atoms with van der Waals surface area (Å²) in [4.78, 5) is 19.6. The van der Waals surface area contributed by atoms with Gasteiger partial charge in [0.2, 0.25) is 11.9 Å². The number of nitrogens with zero attached hydrogens (tertiary/aromatic N) is 3. The van der Waals surface area contributed by atoms with Gasteiger partial charge in [-0.1, -0.05) is 30.3 Å². The predicted molar refractivity (Wildman–Crippen MR) is 96.6 cm³/mol. The third kappa shape index (κ3) is 3.42. The van der Waals surface area contributed by atoms with Crippen LogP contribution in [0.5, 0.6) is 0 Å². The van der Waals surface area contributed by atoms with Crippen molar-refractivity contribution in [2.75, 3.05) is 5.32 Å². The van der Waals surface area contributed by atoms with Crippen molar-refractivity contribution in [3.63, 3.8) is 0 Å². The van der Waals surface area contributed by atoms with Gasteiger partial charge in [0.1, 0.15) is 0 Å². The zero-order chi connectivity index (χ0) is 17.1. The van der Waals surface area contributed by atoms with Crippen LogP contribution in [-0.4, -0.2) is 25.7 Å². The maximum Gasteiger partial charge on any atom is 0.227 e. The Kier molecular flexibility index (Phi) is 4.00. The van der Waals surface area contributed by atoms with E-state index in [1.807, 2.05) is 65.5 Å². The standard InChI is InChI=1S/C19H17N5O/c25-18(23-19-21-16-8-4-5-9-17(16)22-19)11-10-14-12-20-24(13-14)15-6-2-1-3-7-15/h1-9,12-13H,10-11H2,(H2,21,22,23,25). The molecular weight excluding hydrogens is 314 g/mol. The molecule has 0 saturated heterocycles. The number of imidazole rings is 1. The fourth-order valence-corrected chi connectivity index (χ4v) is 2.68. The Hall–Kier alpha value is -3.41. The highest BCUT2D eigenvalue weighted by atomic mass is 16.1. The number of aromatic amines is 1. The van der Waals surface area contributed by atoms with Crippen LogP contribution < -0.4 is 5.32 Å². The molecule has 0 fully saturated rings. The van der Waals surface area contributed by atoms with Crippen molar-refractivity contribution in [3.8, 4) is 5.69 Å². The molecule has 0 atom stereocenters. The average Bonchev–Trinajstić information content (AvgIpc) is 3.27. The van der Waals surface area contributed by atoms with E-state index < -0.39 is 0 Å². The van der Waals surface area contributed by atoms with Gasteiger partial charge < -0.3 is 4.98 Å². The minimum Gasteiger partial charge on any atom is -0.324 e. The topological polar surface area (TPSA) is 75.6 Å². The van der Waals surface area contributed by atoms with Crippen LogP contribution in [0.1, 0.15) is 12.0 Å². The number of anilines is 1. The molecule has 0 aliphatic carbocycles. The van der Waals surface area contributed by atoms with Crippen LogP contribution in [0.3, 0.4) is 0 Å². The minimum absolute atomic E-state index is 0.0773. The van der Waals surface area contributed by atoms with Crippen LogP contribution in [0.4, 0.5) is 5.95 Å². The second-order valence-corrected chi connectivity index (χ2v) is 5.78. The lowest BCUT2D eigenvalue weighted by molar-refractivity contribution is -0.116. The van der Waals surface area contributed by atoms with E-state index in [-0.39, 0.29) is 5.91 Å². The minimum atomic E-state index is -0.0773. The number of aromatic nitrogens is 4. The van der Waals surface area contributed by atoms with Gasteiger partial charge in [0.25, 0.3) is 0 Å². The highest BCUT2D eigenvalue weighted by Gasteiger charge is 2.08. The summed E-state index contributed by atoms with van der Waals surface area (Å²) in [6.07, 6.45) is 4.74. The number of carbonyl (C=O) groups is 1. The lowest BCUT2D eigenvalue weighted by atomic mass is 10.2.